The minimum absolute atomic E-state index is 0.0436. The van der Waals surface area contributed by atoms with Crippen LogP contribution >= 0.6 is 34.0 Å². The molecule has 2 aliphatic heterocycles. The summed E-state index contributed by atoms with van der Waals surface area (Å²) in [5.74, 6) is 0.685. The standard InChI is InChI=1S/C42H61NO2S3Si/c1-6-9-11-12-13-14-15-16-17-21-25-43-41(44)36-30(5)47-38(37(36)42(43)45)33-27-35-40(48-33)39-34(26-29(4)46-39)49(35,32-23-19-18-20-24-32)28-31(8-3)22-10-7-2/h26-27,31-32H,6-25,28H2,1-5H3. The Kier molecular flexibility index (Phi) is 12.8. The first-order valence-corrected chi connectivity index (χ1v) is 24.8. The highest BCUT2D eigenvalue weighted by Crippen LogP contribution is 2.53. The number of carbonyl (C=O) groups is 2. The Hall–Kier alpha value is -1.54. The Balaban J connectivity index is 1.26. The van der Waals surface area contributed by atoms with Crippen LogP contribution < -0.4 is 10.4 Å². The number of fused-ring (bicyclic) bond motifs is 4. The zero-order valence-corrected chi connectivity index (χ0v) is 34.6. The fraction of sp³-hybridized carbons (Fsp3) is 0.667. The number of carbonyl (C=O) groups excluding carboxylic acids is 2. The van der Waals surface area contributed by atoms with Crippen molar-refractivity contribution in [3.8, 4) is 19.5 Å². The second-order valence-corrected chi connectivity index (χ2v) is 23.3. The summed E-state index contributed by atoms with van der Waals surface area (Å²) in [6.07, 6.45) is 24.6. The van der Waals surface area contributed by atoms with Gasteiger partial charge in [-0.15, -0.1) is 34.0 Å². The second-order valence-electron chi connectivity index (χ2n) is 15.6. The van der Waals surface area contributed by atoms with E-state index >= 15 is 0 Å². The summed E-state index contributed by atoms with van der Waals surface area (Å²) in [5.41, 5.74) is 2.21. The molecular weight excluding hydrogens is 675 g/mol. The third-order valence-corrected chi connectivity index (χ3v) is 22.1. The van der Waals surface area contributed by atoms with Gasteiger partial charge in [0.2, 0.25) is 0 Å². The molecule has 2 amide bonds. The Bertz CT molecular complexity index is 1590. The van der Waals surface area contributed by atoms with Crippen LogP contribution in [0, 0.1) is 19.8 Å². The Morgan fingerprint density at radius 2 is 1.33 bits per heavy atom. The minimum atomic E-state index is -2.04. The quantitative estimate of drug-likeness (QED) is 0.0698. The van der Waals surface area contributed by atoms with Gasteiger partial charge in [0.1, 0.15) is 8.07 Å². The smallest absolute Gasteiger partial charge is 0.263 e. The zero-order chi connectivity index (χ0) is 34.5. The molecule has 268 valence electrons. The number of aryl methyl sites for hydroxylation is 2. The van der Waals surface area contributed by atoms with Gasteiger partial charge >= 0.3 is 0 Å². The van der Waals surface area contributed by atoms with Gasteiger partial charge in [-0.2, -0.15) is 0 Å². The van der Waals surface area contributed by atoms with E-state index < -0.39 is 8.07 Å². The van der Waals surface area contributed by atoms with Crippen molar-refractivity contribution in [2.75, 3.05) is 6.54 Å². The fourth-order valence-electron chi connectivity index (χ4n) is 9.49. The Morgan fingerprint density at radius 3 is 2.00 bits per heavy atom. The lowest BCUT2D eigenvalue weighted by atomic mass is 10.00. The fourth-order valence-corrected chi connectivity index (χ4v) is 21.3. The van der Waals surface area contributed by atoms with Crippen molar-refractivity contribution in [1.82, 2.24) is 4.90 Å². The van der Waals surface area contributed by atoms with Crippen LogP contribution in [0.25, 0.3) is 19.5 Å². The summed E-state index contributed by atoms with van der Waals surface area (Å²) in [6, 6.07) is 6.57. The van der Waals surface area contributed by atoms with Crippen LogP contribution in [0.2, 0.25) is 11.6 Å². The van der Waals surface area contributed by atoms with Gasteiger partial charge in [-0.05, 0) is 60.3 Å². The van der Waals surface area contributed by atoms with Gasteiger partial charge in [0.05, 0.1) is 16.0 Å². The summed E-state index contributed by atoms with van der Waals surface area (Å²) >= 11 is 5.65. The number of unbranched alkanes of at least 4 members (excludes halogenated alkanes) is 10. The molecule has 1 fully saturated rings. The molecule has 0 bridgehead atoms. The Morgan fingerprint density at radius 1 is 0.714 bits per heavy atom. The highest BCUT2D eigenvalue weighted by Gasteiger charge is 2.54. The summed E-state index contributed by atoms with van der Waals surface area (Å²) in [4.78, 5) is 37.2. The molecule has 49 heavy (non-hydrogen) atoms. The third kappa shape index (κ3) is 7.39. The van der Waals surface area contributed by atoms with Crippen molar-refractivity contribution in [3.63, 3.8) is 0 Å². The molecule has 0 radical (unpaired) electrons. The molecule has 0 N–H and O–H groups in total. The summed E-state index contributed by atoms with van der Waals surface area (Å²) in [7, 11) is -2.04. The number of imide groups is 1. The van der Waals surface area contributed by atoms with Gasteiger partial charge in [-0.3, -0.25) is 14.5 Å². The molecule has 3 aliphatic rings. The van der Waals surface area contributed by atoms with E-state index in [-0.39, 0.29) is 11.8 Å². The molecule has 1 aliphatic carbocycles. The third-order valence-electron chi connectivity index (χ3n) is 12.2. The van der Waals surface area contributed by atoms with Gasteiger partial charge in [-0.25, -0.2) is 0 Å². The van der Waals surface area contributed by atoms with E-state index in [0.717, 1.165) is 34.1 Å². The number of amides is 2. The van der Waals surface area contributed by atoms with E-state index in [1.54, 1.807) is 31.5 Å². The lowest BCUT2D eigenvalue weighted by molar-refractivity contribution is 0.0651. The number of thiophene rings is 3. The summed E-state index contributed by atoms with van der Waals surface area (Å²) < 4.78 is 0. The van der Waals surface area contributed by atoms with Crippen molar-refractivity contribution < 1.29 is 9.59 Å². The molecule has 3 aromatic rings. The highest BCUT2D eigenvalue weighted by molar-refractivity contribution is 7.32. The van der Waals surface area contributed by atoms with Crippen molar-refractivity contribution in [2.45, 2.75) is 168 Å². The average molecular weight is 736 g/mol. The molecule has 3 aromatic heterocycles. The van der Waals surface area contributed by atoms with E-state index in [9.17, 15) is 9.59 Å². The van der Waals surface area contributed by atoms with E-state index in [0.29, 0.717) is 17.7 Å². The maximum atomic E-state index is 14.1. The predicted octanol–water partition coefficient (Wildman–Crippen LogP) is 12.8. The minimum Gasteiger partial charge on any atom is -0.274 e. The van der Waals surface area contributed by atoms with Crippen LogP contribution in [-0.2, 0) is 0 Å². The molecule has 5 heterocycles. The van der Waals surface area contributed by atoms with E-state index in [1.165, 1.54) is 130 Å². The number of rotatable bonds is 19. The van der Waals surface area contributed by atoms with E-state index in [2.05, 4.69) is 46.8 Å². The van der Waals surface area contributed by atoms with Crippen molar-refractivity contribution in [1.29, 1.82) is 0 Å². The van der Waals surface area contributed by atoms with Crippen LogP contribution in [0.5, 0.6) is 0 Å². The van der Waals surface area contributed by atoms with Crippen LogP contribution in [0.1, 0.15) is 173 Å². The largest absolute Gasteiger partial charge is 0.274 e. The number of nitrogens with zero attached hydrogens (tertiary/aromatic N) is 1. The molecule has 7 heteroatoms. The van der Waals surface area contributed by atoms with Crippen molar-refractivity contribution >= 4 is 64.3 Å². The van der Waals surface area contributed by atoms with E-state index in [4.69, 9.17) is 0 Å². The van der Waals surface area contributed by atoms with Crippen molar-refractivity contribution in [3.05, 3.63) is 33.0 Å². The van der Waals surface area contributed by atoms with E-state index in [1.807, 2.05) is 22.7 Å². The molecule has 0 saturated heterocycles. The summed E-state index contributed by atoms with van der Waals surface area (Å²) in [5, 5.41) is 3.44. The second kappa shape index (κ2) is 16.9. The first-order chi connectivity index (χ1) is 23.8. The molecule has 0 spiro atoms. The summed E-state index contributed by atoms with van der Waals surface area (Å²) in [6.45, 7) is 12.0. The Labute approximate surface area is 310 Å². The van der Waals surface area contributed by atoms with Crippen LogP contribution in [-0.4, -0.2) is 31.3 Å². The topological polar surface area (TPSA) is 37.4 Å². The maximum Gasteiger partial charge on any atom is 0.263 e. The molecule has 6 rings (SSSR count). The molecule has 1 saturated carbocycles. The molecule has 2 atom stereocenters. The highest BCUT2D eigenvalue weighted by atomic mass is 32.1. The van der Waals surface area contributed by atoms with Gasteiger partial charge in [0.15, 0.2) is 0 Å². The lowest BCUT2D eigenvalue weighted by Gasteiger charge is -2.41. The van der Waals surface area contributed by atoms with Crippen molar-refractivity contribution in [2.24, 2.45) is 5.92 Å². The normalized spacial score (nSPS) is 19.6. The van der Waals surface area contributed by atoms with Gasteiger partial charge < -0.3 is 0 Å². The predicted molar refractivity (Wildman–Crippen MR) is 218 cm³/mol. The monoisotopic (exact) mass is 735 g/mol. The first-order valence-electron chi connectivity index (χ1n) is 20.1. The van der Waals surface area contributed by atoms with Gasteiger partial charge in [0.25, 0.3) is 11.8 Å². The van der Waals surface area contributed by atoms with Gasteiger partial charge in [0, 0.05) is 30.9 Å². The molecule has 0 aromatic carbocycles. The average Bonchev–Trinajstić information content (AvgIpc) is 3.89. The lowest BCUT2D eigenvalue weighted by Crippen LogP contribution is -2.59. The number of hydrogen-bond acceptors (Lipinski definition) is 5. The van der Waals surface area contributed by atoms with Crippen LogP contribution in [0.4, 0.5) is 0 Å². The zero-order valence-electron chi connectivity index (χ0n) is 31.1. The number of hydrogen-bond donors (Lipinski definition) is 0. The van der Waals surface area contributed by atoms with Gasteiger partial charge in [-0.1, -0.05) is 136 Å². The first kappa shape index (κ1) is 37.2. The van der Waals surface area contributed by atoms with Crippen LogP contribution in [0.15, 0.2) is 12.1 Å². The molecular formula is C42H61NO2S3Si. The molecule has 3 nitrogen and oxygen atoms in total. The van der Waals surface area contributed by atoms with Crippen LogP contribution in [0.3, 0.4) is 0 Å². The SMILES string of the molecule is CCCCCCCCCCCCN1C(=O)c2c(C)sc(-c3cc4c(s3)-c3sc(C)cc3[Si]4(CC(CC)CCCC)C3CCCCC3)c2C1=O. The molecule has 2 unspecified atom stereocenters. The maximum absolute atomic E-state index is 14.1.